The Morgan fingerprint density at radius 3 is 2.50 bits per heavy atom. The molecular formula is C22H26FN5O6. The largest absolute Gasteiger partial charge is 0.501 e. The zero-order valence-electron chi connectivity index (χ0n) is 19.2. The third-order valence-electron chi connectivity index (χ3n) is 5.63. The van der Waals surface area contributed by atoms with Gasteiger partial charge in [-0.2, -0.15) is 0 Å². The molecule has 0 aliphatic carbocycles. The Morgan fingerprint density at radius 2 is 1.91 bits per heavy atom. The summed E-state index contributed by atoms with van der Waals surface area (Å²) in [5.41, 5.74) is -0.812. The van der Waals surface area contributed by atoms with Gasteiger partial charge in [0.2, 0.25) is 5.75 Å². The van der Waals surface area contributed by atoms with Gasteiger partial charge in [-0.1, -0.05) is 12.1 Å². The molecule has 0 radical (unpaired) electrons. The number of aromatic nitrogens is 2. The van der Waals surface area contributed by atoms with Crippen LogP contribution in [0.3, 0.4) is 0 Å². The maximum atomic E-state index is 13.1. The number of likely N-dealkylation sites (N-methyl/N-ethyl adjacent to an activating group) is 1. The molecule has 11 nitrogen and oxygen atoms in total. The summed E-state index contributed by atoms with van der Waals surface area (Å²) in [6.45, 7) is 0.0876. The van der Waals surface area contributed by atoms with Crippen LogP contribution in [0, 0.1) is 5.82 Å². The fourth-order valence-corrected chi connectivity index (χ4v) is 3.68. The number of hydrogen-bond acceptors (Lipinski definition) is 7. The predicted octanol–water partition coefficient (Wildman–Crippen LogP) is -0.0684. The number of nitrogens with zero attached hydrogens (tertiary/aromatic N) is 4. The zero-order valence-corrected chi connectivity index (χ0v) is 19.2. The number of aromatic hydroxyl groups is 1. The Bertz CT molecular complexity index is 1160. The highest BCUT2D eigenvalue weighted by Crippen LogP contribution is 2.32. The molecule has 2 N–H and O–H groups in total. The number of ether oxygens (including phenoxy) is 1. The minimum Gasteiger partial charge on any atom is -0.501 e. The van der Waals surface area contributed by atoms with Crippen molar-refractivity contribution in [3.05, 3.63) is 57.5 Å². The number of carbonyl (C=O) groups is 3. The number of amides is 3. The monoisotopic (exact) mass is 475 g/mol. The van der Waals surface area contributed by atoms with E-state index in [4.69, 9.17) is 4.74 Å². The molecule has 2 aromatic rings. The maximum Gasteiger partial charge on any atom is 0.312 e. The van der Waals surface area contributed by atoms with Crippen LogP contribution >= 0.6 is 0 Å². The van der Waals surface area contributed by atoms with Crippen LogP contribution in [0.2, 0.25) is 0 Å². The van der Waals surface area contributed by atoms with Crippen LogP contribution in [-0.4, -0.2) is 76.0 Å². The molecule has 0 bridgehead atoms. The highest BCUT2D eigenvalue weighted by atomic mass is 19.1. The van der Waals surface area contributed by atoms with Crippen LogP contribution in [-0.2, 0) is 27.9 Å². The van der Waals surface area contributed by atoms with Gasteiger partial charge in [0, 0.05) is 47.8 Å². The lowest BCUT2D eigenvalue weighted by atomic mass is 10.1. The molecule has 0 spiro atoms. The summed E-state index contributed by atoms with van der Waals surface area (Å²) in [6.07, 6.45) is -0.199. The van der Waals surface area contributed by atoms with Gasteiger partial charge in [-0.3, -0.25) is 23.7 Å². The van der Waals surface area contributed by atoms with Gasteiger partial charge in [-0.15, -0.1) is 0 Å². The quantitative estimate of drug-likeness (QED) is 0.578. The van der Waals surface area contributed by atoms with Gasteiger partial charge in [0.15, 0.2) is 5.69 Å². The highest BCUT2D eigenvalue weighted by Gasteiger charge is 2.41. The molecule has 12 heteroatoms. The number of methoxy groups -OCH3 is 1. The van der Waals surface area contributed by atoms with Gasteiger partial charge in [-0.25, -0.2) is 9.37 Å². The molecule has 34 heavy (non-hydrogen) atoms. The summed E-state index contributed by atoms with van der Waals surface area (Å²) in [4.78, 5) is 57.1. The van der Waals surface area contributed by atoms with Crippen molar-refractivity contribution in [3.63, 3.8) is 0 Å². The maximum absolute atomic E-state index is 13.1. The minimum absolute atomic E-state index is 0.00189. The molecule has 0 saturated carbocycles. The summed E-state index contributed by atoms with van der Waals surface area (Å²) >= 11 is 0. The normalized spacial score (nSPS) is 17.5. The van der Waals surface area contributed by atoms with Crippen molar-refractivity contribution < 1.29 is 28.6 Å². The average Bonchev–Trinajstić information content (AvgIpc) is 3.25. The zero-order chi connectivity index (χ0) is 25.2. The smallest absolute Gasteiger partial charge is 0.312 e. The fraction of sp³-hybridized carbons (Fsp3) is 0.409. The Hall–Kier alpha value is -3.80. The van der Waals surface area contributed by atoms with Crippen LogP contribution in [0.5, 0.6) is 5.75 Å². The number of nitrogens with one attached hydrogen (secondary N) is 1. The van der Waals surface area contributed by atoms with Crippen LogP contribution in [0.4, 0.5) is 4.39 Å². The van der Waals surface area contributed by atoms with Gasteiger partial charge in [0.05, 0.1) is 12.1 Å². The van der Waals surface area contributed by atoms with Crippen molar-refractivity contribution in [2.24, 2.45) is 7.05 Å². The van der Waals surface area contributed by atoms with E-state index < -0.39 is 52.7 Å². The Balaban J connectivity index is 1.95. The molecule has 2 unspecified atom stereocenters. The lowest BCUT2D eigenvalue weighted by Crippen LogP contribution is -2.44. The van der Waals surface area contributed by atoms with Gasteiger partial charge in [0.1, 0.15) is 11.6 Å². The first-order chi connectivity index (χ1) is 16.0. The standard InChI is InChI=1S/C22H26FN5O6/c1-26(2)21(32)22(33)28-11-14(34-4)9-15(28)18-25-16(17(29)20(31)27(18)3)19(30)24-10-12-5-7-13(23)8-6-12/h5-8,14-15,29H,9-11H2,1-4H3,(H,24,30). The molecule has 2 heterocycles. The number of carbonyl (C=O) groups excluding carboxylic acids is 3. The fourth-order valence-electron chi connectivity index (χ4n) is 3.68. The second-order valence-electron chi connectivity index (χ2n) is 8.11. The third kappa shape index (κ3) is 4.91. The topological polar surface area (TPSA) is 134 Å². The molecule has 1 aliphatic rings. The van der Waals surface area contributed by atoms with Crippen molar-refractivity contribution in [2.75, 3.05) is 27.7 Å². The van der Waals surface area contributed by atoms with E-state index in [1.165, 1.54) is 57.4 Å². The lowest BCUT2D eigenvalue weighted by Gasteiger charge is -2.26. The highest BCUT2D eigenvalue weighted by molar-refractivity contribution is 6.34. The van der Waals surface area contributed by atoms with Gasteiger partial charge < -0.3 is 25.0 Å². The van der Waals surface area contributed by atoms with E-state index in [1.807, 2.05) is 0 Å². The number of hydrogen-bond donors (Lipinski definition) is 2. The van der Waals surface area contributed by atoms with E-state index in [1.54, 1.807) is 0 Å². The van der Waals surface area contributed by atoms with Crippen LogP contribution < -0.4 is 10.9 Å². The number of benzene rings is 1. The molecule has 1 fully saturated rings. The summed E-state index contributed by atoms with van der Waals surface area (Å²) in [7, 11) is 5.69. The minimum atomic E-state index is -0.885. The first-order valence-electron chi connectivity index (χ1n) is 10.4. The van der Waals surface area contributed by atoms with Crippen molar-refractivity contribution in [1.82, 2.24) is 24.7 Å². The van der Waals surface area contributed by atoms with E-state index >= 15 is 0 Å². The van der Waals surface area contributed by atoms with Crippen molar-refractivity contribution in [2.45, 2.75) is 25.1 Å². The second-order valence-corrected chi connectivity index (χ2v) is 8.11. The van der Waals surface area contributed by atoms with Gasteiger partial charge in [0.25, 0.3) is 11.5 Å². The third-order valence-corrected chi connectivity index (χ3v) is 5.63. The second kappa shape index (κ2) is 10.00. The van der Waals surface area contributed by atoms with E-state index in [2.05, 4.69) is 10.3 Å². The Kier molecular flexibility index (Phi) is 7.30. The number of rotatable bonds is 5. The van der Waals surface area contributed by atoms with E-state index in [0.717, 1.165) is 9.47 Å². The Labute approximate surface area is 194 Å². The molecule has 3 amide bonds. The first-order valence-corrected chi connectivity index (χ1v) is 10.4. The van der Waals surface area contributed by atoms with Crippen molar-refractivity contribution in [3.8, 4) is 5.75 Å². The number of halogens is 1. The molecule has 1 saturated heterocycles. The molecule has 1 aromatic carbocycles. The summed E-state index contributed by atoms with van der Waals surface area (Å²) in [5, 5.41) is 12.8. The van der Waals surface area contributed by atoms with E-state index in [0.29, 0.717) is 5.56 Å². The molecular weight excluding hydrogens is 449 g/mol. The number of likely N-dealkylation sites (tertiary alicyclic amines) is 1. The summed E-state index contributed by atoms with van der Waals surface area (Å²) in [5.74, 6) is -3.66. The molecule has 182 valence electrons. The molecule has 1 aliphatic heterocycles. The average molecular weight is 475 g/mol. The van der Waals surface area contributed by atoms with E-state index in [-0.39, 0.29) is 25.3 Å². The van der Waals surface area contributed by atoms with Crippen LogP contribution in [0.25, 0.3) is 0 Å². The van der Waals surface area contributed by atoms with E-state index in [9.17, 15) is 28.7 Å². The molecule has 3 rings (SSSR count). The SMILES string of the molecule is COC1CC(c2nc(C(=O)NCc3ccc(F)cc3)c(O)c(=O)n2C)N(C(=O)C(=O)N(C)C)C1. The van der Waals surface area contributed by atoms with Crippen LogP contribution in [0.1, 0.15) is 34.3 Å². The first kappa shape index (κ1) is 24.8. The summed E-state index contributed by atoms with van der Waals surface area (Å²) < 4.78 is 19.5. The lowest BCUT2D eigenvalue weighted by molar-refractivity contribution is -0.151. The van der Waals surface area contributed by atoms with Crippen molar-refractivity contribution >= 4 is 17.7 Å². The van der Waals surface area contributed by atoms with Gasteiger partial charge >= 0.3 is 11.8 Å². The molecule has 2 atom stereocenters. The molecule has 1 aromatic heterocycles. The Morgan fingerprint density at radius 1 is 1.26 bits per heavy atom. The predicted molar refractivity (Wildman–Crippen MR) is 117 cm³/mol. The van der Waals surface area contributed by atoms with Gasteiger partial charge in [-0.05, 0) is 17.7 Å². The van der Waals surface area contributed by atoms with Crippen molar-refractivity contribution in [1.29, 1.82) is 0 Å². The van der Waals surface area contributed by atoms with Crippen LogP contribution in [0.15, 0.2) is 29.1 Å². The summed E-state index contributed by atoms with van der Waals surface area (Å²) in [6, 6.07) is 4.59.